The Balaban J connectivity index is 2.31. The van der Waals surface area contributed by atoms with Crippen molar-refractivity contribution in [3.63, 3.8) is 0 Å². The van der Waals surface area contributed by atoms with Crippen LogP contribution in [0.3, 0.4) is 0 Å². The number of hydrogen-bond acceptors (Lipinski definition) is 27. The SMILES string of the molecule is CC(=O)OC[C@H]1O[C@@H](O[C@H]2[C@H](OC(C)=O)[C@@H](OC(C)=O)[C@@H](O[C@H]3[C@H](OC(C)=O)[C@@H](OC(C)=O)[C@H](OC(C)=O)O[C@@H]3COC(C)=O)O[C@@H]2COC(C)=O)[C@H](OC(C)=O)[C@@H](OC(C)=O)[C@H]1OC(C)=O. The van der Waals surface area contributed by atoms with Gasteiger partial charge >= 0.3 is 65.7 Å². The monoisotopic (exact) mass is 966 g/mol. The summed E-state index contributed by atoms with van der Waals surface area (Å²) in [6.45, 7) is 8.53. The maximum absolute atomic E-state index is 13.0. The second-order valence-corrected chi connectivity index (χ2v) is 14.9. The van der Waals surface area contributed by atoms with E-state index in [0.29, 0.717) is 0 Å². The number of esters is 11. The van der Waals surface area contributed by atoms with Crippen LogP contribution in [-0.2, 0) is 129 Å². The fourth-order valence-corrected chi connectivity index (χ4v) is 7.01. The summed E-state index contributed by atoms with van der Waals surface area (Å²) in [6, 6.07) is 0. The zero-order valence-electron chi connectivity index (χ0n) is 38.3. The number of rotatable bonds is 18. The van der Waals surface area contributed by atoms with Gasteiger partial charge in [0.2, 0.25) is 12.4 Å². The highest BCUT2D eigenvalue weighted by Gasteiger charge is 2.60. The molecule has 3 aliphatic heterocycles. The third-order valence-electron chi connectivity index (χ3n) is 9.11. The lowest BCUT2D eigenvalue weighted by Gasteiger charge is -2.50. The average Bonchev–Trinajstić information content (AvgIpc) is 3.17. The van der Waals surface area contributed by atoms with Crippen LogP contribution in [0.2, 0.25) is 0 Å². The van der Waals surface area contributed by atoms with E-state index in [4.69, 9.17) is 75.8 Å². The van der Waals surface area contributed by atoms with E-state index < -0.39 is 178 Å². The van der Waals surface area contributed by atoms with E-state index in [2.05, 4.69) is 0 Å². The Bertz CT molecular complexity index is 1850. The van der Waals surface area contributed by atoms with Crippen molar-refractivity contribution in [2.45, 2.75) is 168 Å². The van der Waals surface area contributed by atoms with E-state index in [9.17, 15) is 52.7 Å². The Morgan fingerprint density at radius 1 is 0.269 bits per heavy atom. The van der Waals surface area contributed by atoms with Gasteiger partial charge in [0.15, 0.2) is 49.2 Å². The van der Waals surface area contributed by atoms with Crippen molar-refractivity contribution in [3.8, 4) is 0 Å². The predicted molar refractivity (Wildman–Crippen MR) is 206 cm³/mol. The molecule has 3 heterocycles. The molecule has 0 amide bonds. The zero-order valence-corrected chi connectivity index (χ0v) is 38.3. The van der Waals surface area contributed by atoms with Crippen molar-refractivity contribution in [3.05, 3.63) is 0 Å². The maximum atomic E-state index is 13.0. The molecule has 0 aromatic carbocycles. The highest BCUT2D eigenvalue weighted by molar-refractivity contribution is 5.70. The minimum absolute atomic E-state index is 0.691. The smallest absolute Gasteiger partial charge is 0.305 e. The molecule has 0 radical (unpaired) electrons. The Hall–Kier alpha value is -6.03. The lowest BCUT2D eigenvalue weighted by molar-refractivity contribution is -0.378. The van der Waals surface area contributed by atoms with Gasteiger partial charge in [-0.1, -0.05) is 0 Å². The zero-order chi connectivity index (χ0) is 50.4. The standard InChI is InChI=1S/C40H54O27/c1-15(41)52-12-26-29(55-18(4)44)32(56-19(5)45)36(60-23(9)49)39(64-26)67-31-28(14-54-17(3)43)65-40(37(61-24(10)50)34(31)58-21(7)47)66-30-27(13-53-16(2)42)63-38(62-25(11)51)35(59-22(8)48)33(30)57-20(6)46/h26-40H,12-14H2,1-11H3/t26-,27-,28-,29+,30-,31-,32+,33+,34+,35-,36-,37-,38-,39+,40-/m1/s1. The van der Waals surface area contributed by atoms with Gasteiger partial charge < -0.3 is 75.8 Å². The molecule has 3 saturated heterocycles. The summed E-state index contributed by atoms with van der Waals surface area (Å²) in [5.41, 5.74) is 0. The molecule has 0 saturated carbocycles. The Morgan fingerprint density at radius 3 is 0.776 bits per heavy atom. The second kappa shape index (κ2) is 25.2. The van der Waals surface area contributed by atoms with Crippen LogP contribution >= 0.6 is 0 Å². The fourth-order valence-electron chi connectivity index (χ4n) is 7.01. The molecule has 0 bridgehead atoms. The minimum Gasteiger partial charge on any atom is -0.463 e. The molecule has 0 aliphatic carbocycles. The summed E-state index contributed by atoms with van der Waals surface area (Å²) in [7, 11) is 0. The molecule has 0 N–H and O–H groups in total. The summed E-state index contributed by atoms with van der Waals surface area (Å²) >= 11 is 0. The number of carbonyl (C=O) groups is 11. The first-order valence-electron chi connectivity index (χ1n) is 20.3. The number of carbonyl (C=O) groups excluding carboxylic acids is 11. The van der Waals surface area contributed by atoms with Gasteiger partial charge in [0, 0.05) is 76.2 Å². The molecule has 0 unspecified atom stereocenters. The Labute approximate surface area is 382 Å². The van der Waals surface area contributed by atoms with Gasteiger partial charge in [-0.05, 0) is 0 Å². The topological polar surface area (TPSA) is 335 Å². The lowest BCUT2D eigenvalue weighted by Crippen LogP contribution is -2.69. The van der Waals surface area contributed by atoms with E-state index in [1.54, 1.807) is 0 Å². The third-order valence-corrected chi connectivity index (χ3v) is 9.11. The second-order valence-electron chi connectivity index (χ2n) is 14.9. The van der Waals surface area contributed by atoms with Gasteiger partial charge in [-0.2, -0.15) is 0 Å². The van der Waals surface area contributed by atoms with Gasteiger partial charge in [0.1, 0.15) is 50.3 Å². The highest BCUT2D eigenvalue weighted by Crippen LogP contribution is 2.38. The van der Waals surface area contributed by atoms with Crippen LogP contribution in [0.15, 0.2) is 0 Å². The first-order chi connectivity index (χ1) is 31.3. The molecule has 3 fully saturated rings. The van der Waals surface area contributed by atoms with E-state index in [1.807, 2.05) is 0 Å². The summed E-state index contributed by atoms with van der Waals surface area (Å²) in [6.07, 6.45) is -27.3. The highest BCUT2D eigenvalue weighted by atomic mass is 16.8. The van der Waals surface area contributed by atoms with Crippen LogP contribution in [0, 0.1) is 0 Å². The van der Waals surface area contributed by atoms with E-state index in [-0.39, 0.29) is 0 Å². The van der Waals surface area contributed by atoms with E-state index >= 15 is 0 Å². The van der Waals surface area contributed by atoms with Gasteiger partial charge in [-0.25, -0.2) is 0 Å². The van der Waals surface area contributed by atoms with E-state index in [1.165, 1.54) is 0 Å². The maximum Gasteiger partial charge on any atom is 0.305 e. The summed E-state index contributed by atoms with van der Waals surface area (Å²) in [5, 5.41) is 0. The van der Waals surface area contributed by atoms with Crippen molar-refractivity contribution < 1.29 is 129 Å². The summed E-state index contributed by atoms with van der Waals surface area (Å²) in [5.74, 6) is -10.7. The lowest BCUT2D eigenvalue weighted by atomic mass is 9.95. The number of hydrogen-bond donors (Lipinski definition) is 0. The molecule has 3 aliphatic rings. The molecule has 3 rings (SSSR count). The first-order valence-corrected chi connectivity index (χ1v) is 20.3. The Kier molecular flexibility index (Phi) is 20.8. The molecule has 27 heteroatoms. The van der Waals surface area contributed by atoms with Crippen molar-refractivity contribution in [1.29, 1.82) is 0 Å². The fraction of sp³-hybridized carbons (Fsp3) is 0.725. The van der Waals surface area contributed by atoms with E-state index in [0.717, 1.165) is 76.2 Å². The first kappa shape index (κ1) is 55.3. The van der Waals surface area contributed by atoms with Crippen LogP contribution < -0.4 is 0 Å². The van der Waals surface area contributed by atoms with Crippen molar-refractivity contribution in [2.75, 3.05) is 19.8 Å². The van der Waals surface area contributed by atoms with Crippen LogP contribution in [0.4, 0.5) is 0 Å². The molecular formula is C40H54O27. The molecule has 0 aromatic heterocycles. The van der Waals surface area contributed by atoms with Gasteiger partial charge in [-0.3, -0.25) is 52.7 Å². The number of ether oxygens (including phenoxy) is 16. The van der Waals surface area contributed by atoms with Gasteiger partial charge in [-0.15, -0.1) is 0 Å². The molecule has 67 heavy (non-hydrogen) atoms. The molecule has 27 nitrogen and oxygen atoms in total. The van der Waals surface area contributed by atoms with Crippen LogP contribution in [0.1, 0.15) is 76.2 Å². The minimum atomic E-state index is -2.06. The molecule has 376 valence electrons. The largest absolute Gasteiger partial charge is 0.463 e. The van der Waals surface area contributed by atoms with Gasteiger partial charge in [0.05, 0.1) is 0 Å². The average molecular weight is 967 g/mol. The molecule has 0 aromatic rings. The van der Waals surface area contributed by atoms with Crippen LogP contribution in [0.5, 0.6) is 0 Å². The summed E-state index contributed by atoms with van der Waals surface area (Å²) in [4.78, 5) is 137. The van der Waals surface area contributed by atoms with Crippen molar-refractivity contribution in [2.24, 2.45) is 0 Å². The van der Waals surface area contributed by atoms with Crippen molar-refractivity contribution in [1.82, 2.24) is 0 Å². The van der Waals surface area contributed by atoms with Gasteiger partial charge in [0.25, 0.3) is 0 Å². The van der Waals surface area contributed by atoms with Crippen LogP contribution in [-0.4, -0.2) is 178 Å². The van der Waals surface area contributed by atoms with Crippen LogP contribution in [0.25, 0.3) is 0 Å². The third kappa shape index (κ3) is 17.0. The predicted octanol–water partition coefficient (Wildman–Crippen LogP) is -1.29. The summed E-state index contributed by atoms with van der Waals surface area (Å²) < 4.78 is 90.4. The molecule has 15 atom stereocenters. The van der Waals surface area contributed by atoms with Crippen molar-refractivity contribution >= 4 is 65.7 Å². The molecule has 0 spiro atoms. The quantitative estimate of drug-likeness (QED) is 0.114. The molecular weight excluding hydrogens is 912 g/mol. The normalized spacial score (nSPS) is 31.2. The Morgan fingerprint density at radius 2 is 0.493 bits per heavy atom.